The van der Waals surface area contributed by atoms with Gasteiger partial charge in [-0.3, -0.25) is 9.69 Å². The van der Waals surface area contributed by atoms with Crippen LogP contribution in [0.5, 0.6) is 0 Å². The first-order valence-electron chi connectivity index (χ1n) is 12.5. The van der Waals surface area contributed by atoms with E-state index in [0.29, 0.717) is 25.6 Å². The predicted molar refractivity (Wildman–Crippen MR) is 134 cm³/mol. The van der Waals surface area contributed by atoms with Crippen LogP contribution in [0.4, 0.5) is 10.1 Å². The summed E-state index contributed by atoms with van der Waals surface area (Å²) < 4.78 is 13.7. The molecule has 0 radical (unpaired) electrons. The molecule has 0 saturated carbocycles. The van der Waals surface area contributed by atoms with Gasteiger partial charge in [0.1, 0.15) is 11.4 Å². The SMILES string of the molecule is NC[C@H](O)CN1CN(c2ccc(F)cc2)C2(CCN(C3Cc4cccc5cccc3c45)CC2)C1=O. The molecule has 182 valence electrons. The standard InChI is InChI=1S/C28H31FN4O2/c29-21-7-9-22(10-8-21)33-18-32(17-23(34)16-30)27(35)28(33)11-13-31(14-12-28)25-15-20-5-1-3-19-4-2-6-24(25)26(19)20/h1-10,23,25,34H,11-18,30H2/t23-,25?/m0/s1. The summed E-state index contributed by atoms with van der Waals surface area (Å²) in [4.78, 5) is 20.1. The number of benzene rings is 3. The minimum Gasteiger partial charge on any atom is -0.390 e. The van der Waals surface area contributed by atoms with Crippen molar-refractivity contribution >= 4 is 22.4 Å². The molecule has 7 heteroatoms. The van der Waals surface area contributed by atoms with E-state index in [0.717, 1.165) is 25.2 Å². The lowest BCUT2D eigenvalue weighted by atomic mass is 9.84. The zero-order valence-corrected chi connectivity index (χ0v) is 19.7. The van der Waals surface area contributed by atoms with Crippen LogP contribution in [0.1, 0.15) is 30.0 Å². The van der Waals surface area contributed by atoms with Crippen molar-refractivity contribution < 1.29 is 14.3 Å². The molecule has 3 aromatic rings. The van der Waals surface area contributed by atoms with E-state index in [1.54, 1.807) is 17.0 Å². The molecule has 35 heavy (non-hydrogen) atoms. The number of anilines is 1. The summed E-state index contributed by atoms with van der Waals surface area (Å²) in [6.07, 6.45) is 1.60. The number of hydrogen-bond acceptors (Lipinski definition) is 5. The van der Waals surface area contributed by atoms with Crippen LogP contribution in [0.15, 0.2) is 60.7 Å². The average molecular weight is 475 g/mol. The third-order valence-electron chi connectivity index (χ3n) is 8.22. The summed E-state index contributed by atoms with van der Waals surface area (Å²) in [5, 5.41) is 12.8. The summed E-state index contributed by atoms with van der Waals surface area (Å²) in [7, 11) is 0. The molecule has 2 saturated heterocycles. The molecule has 2 fully saturated rings. The van der Waals surface area contributed by atoms with Crippen molar-refractivity contribution in [1.82, 2.24) is 9.80 Å². The highest BCUT2D eigenvalue weighted by atomic mass is 19.1. The Kier molecular flexibility index (Phi) is 5.51. The van der Waals surface area contributed by atoms with E-state index >= 15 is 0 Å². The number of aliphatic hydroxyl groups is 1. The van der Waals surface area contributed by atoms with E-state index in [-0.39, 0.29) is 24.8 Å². The van der Waals surface area contributed by atoms with E-state index in [2.05, 4.69) is 46.2 Å². The van der Waals surface area contributed by atoms with Crippen LogP contribution in [0.3, 0.4) is 0 Å². The van der Waals surface area contributed by atoms with Gasteiger partial charge in [0, 0.05) is 37.9 Å². The lowest BCUT2D eigenvalue weighted by Gasteiger charge is -2.45. The third kappa shape index (κ3) is 3.61. The van der Waals surface area contributed by atoms with E-state index < -0.39 is 11.6 Å². The number of likely N-dealkylation sites (tertiary alicyclic amines) is 1. The molecular formula is C28H31FN4O2. The number of rotatable bonds is 5. The number of halogens is 1. The van der Waals surface area contributed by atoms with Crippen molar-refractivity contribution in [3.63, 3.8) is 0 Å². The minimum absolute atomic E-state index is 0.0331. The van der Waals surface area contributed by atoms with E-state index in [9.17, 15) is 14.3 Å². The van der Waals surface area contributed by atoms with Gasteiger partial charge in [-0.25, -0.2) is 4.39 Å². The number of carbonyl (C=O) groups excluding carboxylic acids is 1. The number of amides is 1. The second-order valence-electron chi connectivity index (χ2n) is 10.1. The van der Waals surface area contributed by atoms with Crippen molar-refractivity contribution in [2.45, 2.75) is 36.9 Å². The molecule has 3 aliphatic rings. The molecule has 1 spiro atoms. The van der Waals surface area contributed by atoms with Crippen molar-refractivity contribution in [3.05, 3.63) is 77.6 Å². The van der Waals surface area contributed by atoms with Crippen LogP contribution in [0.25, 0.3) is 10.8 Å². The van der Waals surface area contributed by atoms with Crippen molar-refractivity contribution in [2.75, 3.05) is 37.7 Å². The van der Waals surface area contributed by atoms with E-state index in [4.69, 9.17) is 5.73 Å². The van der Waals surface area contributed by atoms with Crippen LogP contribution in [0.2, 0.25) is 0 Å². The van der Waals surface area contributed by atoms with Gasteiger partial charge >= 0.3 is 0 Å². The number of β-amino-alcohol motifs (C(OH)–C–C–N with tert-alkyl or cyclic N) is 1. The molecule has 6 nitrogen and oxygen atoms in total. The maximum Gasteiger partial charge on any atom is 0.250 e. The monoisotopic (exact) mass is 474 g/mol. The zero-order valence-electron chi connectivity index (χ0n) is 19.7. The van der Waals surface area contributed by atoms with Gasteiger partial charge < -0.3 is 20.6 Å². The summed E-state index contributed by atoms with van der Waals surface area (Å²) in [6, 6.07) is 19.8. The van der Waals surface area contributed by atoms with Gasteiger partial charge in [0.15, 0.2) is 0 Å². The normalized spacial score (nSPS) is 22.5. The van der Waals surface area contributed by atoms with Gasteiger partial charge in [0.25, 0.3) is 0 Å². The lowest BCUT2D eigenvalue weighted by Crippen LogP contribution is -2.57. The highest BCUT2D eigenvalue weighted by molar-refractivity contribution is 5.94. The Morgan fingerprint density at radius 3 is 2.49 bits per heavy atom. The highest BCUT2D eigenvalue weighted by Crippen LogP contribution is 2.45. The predicted octanol–water partition coefficient (Wildman–Crippen LogP) is 3.04. The van der Waals surface area contributed by atoms with Gasteiger partial charge in [0.05, 0.1) is 12.8 Å². The Morgan fingerprint density at radius 1 is 1.06 bits per heavy atom. The Balaban J connectivity index is 1.27. The molecule has 3 aromatic carbocycles. The molecule has 1 amide bonds. The number of aliphatic hydroxyl groups excluding tert-OH is 1. The summed E-state index contributed by atoms with van der Waals surface area (Å²) >= 11 is 0. The van der Waals surface area contributed by atoms with Gasteiger partial charge in [-0.15, -0.1) is 0 Å². The van der Waals surface area contributed by atoms with E-state index in [1.165, 1.54) is 34.0 Å². The van der Waals surface area contributed by atoms with Crippen LogP contribution in [-0.4, -0.2) is 65.3 Å². The topological polar surface area (TPSA) is 73.0 Å². The highest BCUT2D eigenvalue weighted by Gasteiger charge is 2.54. The van der Waals surface area contributed by atoms with E-state index in [1.807, 2.05) is 0 Å². The second kappa shape index (κ2) is 8.59. The minimum atomic E-state index is -0.762. The Labute approximate surface area is 204 Å². The Morgan fingerprint density at radius 2 is 1.77 bits per heavy atom. The quantitative estimate of drug-likeness (QED) is 0.595. The van der Waals surface area contributed by atoms with Gasteiger partial charge in [0.2, 0.25) is 5.91 Å². The van der Waals surface area contributed by atoms with Gasteiger partial charge in [-0.05, 0) is 65.4 Å². The summed E-state index contributed by atoms with van der Waals surface area (Å²) in [5.41, 5.74) is 8.55. The molecular weight excluding hydrogens is 443 g/mol. The zero-order chi connectivity index (χ0) is 24.2. The number of nitrogens with two attached hydrogens (primary N) is 1. The first-order chi connectivity index (χ1) is 17.0. The second-order valence-corrected chi connectivity index (χ2v) is 10.1. The average Bonchev–Trinajstić information content (AvgIpc) is 3.38. The number of hydrogen-bond donors (Lipinski definition) is 2. The van der Waals surface area contributed by atoms with Crippen molar-refractivity contribution in [3.8, 4) is 0 Å². The summed E-state index contributed by atoms with van der Waals surface area (Å²) in [6.45, 7) is 2.28. The fraction of sp³-hybridized carbons (Fsp3) is 0.393. The fourth-order valence-corrected chi connectivity index (χ4v) is 6.43. The van der Waals surface area contributed by atoms with Crippen LogP contribution in [0, 0.1) is 5.82 Å². The molecule has 2 atom stereocenters. The van der Waals surface area contributed by atoms with Crippen LogP contribution in [-0.2, 0) is 11.2 Å². The fourth-order valence-electron chi connectivity index (χ4n) is 6.43. The molecule has 0 aromatic heterocycles. The smallest absolute Gasteiger partial charge is 0.250 e. The molecule has 2 heterocycles. The number of nitrogens with zero attached hydrogens (tertiary/aromatic N) is 3. The van der Waals surface area contributed by atoms with Crippen molar-refractivity contribution in [2.24, 2.45) is 5.73 Å². The first-order valence-corrected chi connectivity index (χ1v) is 12.5. The third-order valence-corrected chi connectivity index (χ3v) is 8.22. The van der Waals surface area contributed by atoms with Crippen LogP contribution < -0.4 is 10.6 Å². The number of carbonyl (C=O) groups is 1. The maximum absolute atomic E-state index is 13.8. The largest absolute Gasteiger partial charge is 0.390 e. The molecule has 3 N–H and O–H groups in total. The first kappa shape index (κ1) is 22.5. The van der Waals surface area contributed by atoms with Crippen molar-refractivity contribution in [1.29, 1.82) is 0 Å². The molecule has 0 bridgehead atoms. The lowest BCUT2D eigenvalue weighted by molar-refractivity contribution is -0.134. The molecule has 2 aliphatic heterocycles. The Bertz CT molecular complexity index is 1250. The molecule has 1 unspecified atom stereocenters. The number of piperidine rings is 1. The van der Waals surface area contributed by atoms with Gasteiger partial charge in [-0.2, -0.15) is 0 Å². The Hall–Kier alpha value is -3.00. The van der Waals surface area contributed by atoms with Gasteiger partial charge in [-0.1, -0.05) is 36.4 Å². The molecule has 6 rings (SSSR count). The molecule has 1 aliphatic carbocycles. The maximum atomic E-state index is 13.8. The van der Waals surface area contributed by atoms with Crippen LogP contribution >= 0.6 is 0 Å². The summed E-state index contributed by atoms with van der Waals surface area (Å²) in [5.74, 6) is -0.265.